The second kappa shape index (κ2) is 15.4. The van der Waals surface area contributed by atoms with E-state index in [0.717, 1.165) is 34.5 Å². The summed E-state index contributed by atoms with van der Waals surface area (Å²) in [5, 5.41) is 3.64. The van der Waals surface area contributed by atoms with Crippen molar-refractivity contribution < 1.29 is 18.0 Å². The van der Waals surface area contributed by atoms with E-state index >= 15 is 0 Å². The highest BCUT2D eigenvalue weighted by Crippen LogP contribution is 2.28. The number of rotatable bonds is 14. The SMILES string of the molecule is CCCCNC(=O)[C@H](Cc1ccccc1)N(Cc1c(Cl)cccc1Cl)C(=O)CN(c1ccc(C(C)C)cc1)S(C)(=O)=O. The number of hydrogen-bond donors (Lipinski definition) is 1. The normalized spacial score (nSPS) is 12.2. The summed E-state index contributed by atoms with van der Waals surface area (Å²) in [7, 11) is -3.86. The van der Waals surface area contributed by atoms with Crippen molar-refractivity contribution in [3.63, 3.8) is 0 Å². The Morgan fingerprint density at radius 2 is 1.52 bits per heavy atom. The Kier molecular flexibility index (Phi) is 12.3. The van der Waals surface area contributed by atoms with Gasteiger partial charge < -0.3 is 10.2 Å². The van der Waals surface area contributed by atoms with E-state index in [1.54, 1.807) is 30.3 Å². The molecule has 0 heterocycles. The Hall–Kier alpha value is -3.07. The fourth-order valence-corrected chi connectivity index (χ4v) is 5.92. The van der Waals surface area contributed by atoms with Crippen LogP contribution >= 0.6 is 23.2 Å². The molecule has 7 nitrogen and oxygen atoms in total. The van der Waals surface area contributed by atoms with Gasteiger partial charge in [0.15, 0.2) is 0 Å². The lowest BCUT2D eigenvalue weighted by atomic mass is 10.0. The van der Waals surface area contributed by atoms with Crippen LogP contribution in [0.5, 0.6) is 0 Å². The summed E-state index contributed by atoms with van der Waals surface area (Å²) in [6.07, 6.45) is 2.95. The fourth-order valence-electron chi connectivity index (χ4n) is 4.55. The Morgan fingerprint density at radius 3 is 2.07 bits per heavy atom. The molecular weight excluding hydrogens is 593 g/mol. The first-order chi connectivity index (χ1) is 19.9. The van der Waals surface area contributed by atoms with Gasteiger partial charge in [-0.1, -0.05) is 98.9 Å². The summed E-state index contributed by atoms with van der Waals surface area (Å²) in [4.78, 5) is 29.3. The summed E-state index contributed by atoms with van der Waals surface area (Å²) in [5.74, 6) is -0.639. The molecule has 10 heteroatoms. The van der Waals surface area contributed by atoms with E-state index in [9.17, 15) is 18.0 Å². The van der Waals surface area contributed by atoms with Gasteiger partial charge in [-0.05, 0) is 47.7 Å². The van der Waals surface area contributed by atoms with Crippen LogP contribution in [0.15, 0.2) is 72.8 Å². The van der Waals surface area contributed by atoms with Gasteiger partial charge >= 0.3 is 0 Å². The molecule has 2 amide bonds. The average Bonchev–Trinajstić information content (AvgIpc) is 2.95. The van der Waals surface area contributed by atoms with Gasteiger partial charge in [0, 0.05) is 35.1 Å². The molecule has 0 aliphatic rings. The molecule has 0 aromatic heterocycles. The molecule has 0 spiro atoms. The van der Waals surface area contributed by atoms with Crippen molar-refractivity contribution in [2.45, 2.75) is 58.5 Å². The zero-order valence-corrected chi connectivity index (χ0v) is 26.8. The Balaban J connectivity index is 2.07. The summed E-state index contributed by atoms with van der Waals surface area (Å²) in [6.45, 7) is 5.98. The van der Waals surface area contributed by atoms with Crippen LogP contribution in [0, 0.1) is 0 Å². The molecule has 0 bridgehead atoms. The van der Waals surface area contributed by atoms with Gasteiger partial charge in [0.1, 0.15) is 12.6 Å². The molecular formula is C32H39Cl2N3O4S. The minimum Gasteiger partial charge on any atom is -0.354 e. The molecule has 3 aromatic rings. The Morgan fingerprint density at radius 1 is 0.905 bits per heavy atom. The molecule has 0 radical (unpaired) electrons. The molecule has 1 N–H and O–H groups in total. The van der Waals surface area contributed by atoms with Crippen molar-refractivity contribution in [1.29, 1.82) is 0 Å². The molecule has 0 fully saturated rings. The molecule has 0 saturated carbocycles. The van der Waals surface area contributed by atoms with Gasteiger partial charge in [-0.3, -0.25) is 13.9 Å². The maximum atomic E-state index is 14.2. The maximum absolute atomic E-state index is 14.2. The molecule has 0 unspecified atom stereocenters. The zero-order chi connectivity index (χ0) is 30.9. The highest BCUT2D eigenvalue weighted by molar-refractivity contribution is 7.92. The van der Waals surface area contributed by atoms with E-state index in [1.165, 1.54) is 4.90 Å². The number of hydrogen-bond acceptors (Lipinski definition) is 4. The molecule has 3 aromatic carbocycles. The lowest BCUT2D eigenvalue weighted by Crippen LogP contribution is -2.53. The zero-order valence-electron chi connectivity index (χ0n) is 24.5. The summed E-state index contributed by atoms with van der Waals surface area (Å²) in [5.41, 5.74) is 2.72. The summed E-state index contributed by atoms with van der Waals surface area (Å²) in [6, 6.07) is 20.5. The molecule has 0 saturated heterocycles. The van der Waals surface area contributed by atoms with E-state index in [4.69, 9.17) is 23.2 Å². The highest BCUT2D eigenvalue weighted by Gasteiger charge is 2.33. The number of halogens is 2. The number of nitrogens with zero attached hydrogens (tertiary/aromatic N) is 2. The second-order valence-electron chi connectivity index (χ2n) is 10.6. The van der Waals surface area contributed by atoms with E-state index in [-0.39, 0.29) is 24.8 Å². The largest absolute Gasteiger partial charge is 0.354 e. The first kappa shape index (κ1) is 33.4. The van der Waals surface area contributed by atoms with Crippen LogP contribution in [0.1, 0.15) is 56.2 Å². The van der Waals surface area contributed by atoms with Crippen LogP contribution in [0.2, 0.25) is 10.0 Å². The van der Waals surface area contributed by atoms with E-state index in [1.807, 2.05) is 63.2 Å². The molecule has 42 heavy (non-hydrogen) atoms. The van der Waals surface area contributed by atoms with Gasteiger partial charge in [0.05, 0.1) is 11.9 Å². The van der Waals surface area contributed by atoms with Crippen molar-refractivity contribution >= 4 is 50.7 Å². The van der Waals surface area contributed by atoms with Crippen molar-refractivity contribution in [3.05, 3.63) is 99.5 Å². The highest BCUT2D eigenvalue weighted by atomic mass is 35.5. The minimum atomic E-state index is -3.86. The Labute approximate surface area is 259 Å². The van der Waals surface area contributed by atoms with Gasteiger partial charge in [-0.2, -0.15) is 0 Å². The molecule has 226 valence electrons. The minimum absolute atomic E-state index is 0.0834. The predicted octanol–water partition coefficient (Wildman–Crippen LogP) is 6.44. The number of anilines is 1. The van der Waals surface area contributed by atoms with Crippen LogP contribution in [0.3, 0.4) is 0 Å². The first-order valence-corrected chi connectivity index (χ1v) is 16.6. The topological polar surface area (TPSA) is 86.8 Å². The predicted molar refractivity (Wildman–Crippen MR) is 172 cm³/mol. The number of sulfonamides is 1. The quantitative estimate of drug-likeness (QED) is 0.207. The van der Waals surface area contributed by atoms with Gasteiger partial charge in [0.2, 0.25) is 21.8 Å². The summed E-state index contributed by atoms with van der Waals surface area (Å²) >= 11 is 13.0. The smallest absolute Gasteiger partial charge is 0.244 e. The van der Waals surface area contributed by atoms with Gasteiger partial charge in [-0.15, -0.1) is 0 Å². The molecule has 0 aliphatic heterocycles. The van der Waals surface area contributed by atoms with Crippen LogP contribution in [-0.4, -0.2) is 50.5 Å². The number of amides is 2. The number of unbranched alkanes of at least 4 members (excludes halogenated alkanes) is 1. The third kappa shape index (κ3) is 9.21. The van der Waals surface area contributed by atoms with Crippen molar-refractivity contribution in [1.82, 2.24) is 10.2 Å². The number of carbonyl (C=O) groups excluding carboxylic acids is 2. The standard InChI is InChI=1S/C32H39Cl2N3O4S/c1-5-6-19-35-32(39)30(20-24-11-8-7-9-12-24)36(21-27-28(33)13-10-14-29(27)34)31(38)22-37(42(4,40)41)26-17-15-25(16-18-26)23(2)3/h7-18,23,30H,5-6,19-22H2,1-4H3,(H,35,39)/t30-/m0/s1. The van der Waals surface area contributed by atoms with E-state index < -0.39 is 28.5 Å². The maximum Gasteiger partial charge on any atom is 0.244 e. The van der Waals surface area contributed by atoms with Crippen LogP contribution in [0.25, 0.3) is 0 Å². The number of carbonyl (C=O) groups is 2. The van der Waals surface area contributed by atoms with E-state index in [0.29, 0.717) is 27.8 Å². The third-order valence-electron chi connectivity index (χ3n) is 7.02. The fraction of sp³-hybridized carbons (Fsp3) is 0.375. The second-order valence-corrected chi connectivity index (χ2v) is 13.3. The molecule has 0 aliphatic carbocycles. The number of benzene rings is 3. The average molecular weight is 633 g/mol. The van der Waals surface area contributed by atoms with Crippen molar-refractivity contribution in [3.8, 4) is 0 Å². The van der Waals surface area contributed by atoms with Crippen LogP contribution in [-0.2, 0) is 32.6 Å². The lowest BCUT2D eigenvalue weighted by Gasteiger charge is -2.34. The van der Waals surface area contributed by atoms with Crippen LogP contribution < -0.4 is 9.62 Å². The summed E-state index contributed by atoms with van der Waals surface area (Å²) < 4.78 is 27.0. The number of nitrogens with one attached hydrogen (secondary N) is 1. The first-order valence-electron chi connectivity index (χ1n) is 14.0. The molecule has 3 rings (SSSR count). The Bertz CT molecular complexity index is 1430. The van der Waals surface area contributed by atoms with Gasteiger partial charge in [-0.25, -0.2) is 8.42 Å². The van der Waals surface area contributed by atoms with Crippen LogP contribution in [0.4, 0.5) is 5.69 Å². The van der Waals surface area contributed by atoms with Gasteiger partial charge in [0.25, 0.3) is 0 Å². The van der Waals surface area contributed by atoms with Crippen molar-refractivity contribution in [2.75, 3.05) is 23.7 Å². The lowest BCUT2D eigenvalue weighted by molar-refractivity contribution is -0.140. The van der Waals surface area contributed by atoms with Crippen molar-refractivity contribution in [2.24, 2.45) is 0 Å². The van der Waals surface area contributed by atoms with E-state index in [2.05, 4.69) is 5.32 Å². The monoisotopic (exact) mass is 631 g/mol. The third-order valence-corrected chi connectivity index (χ3v) is 8.87. The molecule has 1 atom stereocenters.